The number of nitrogen functional groups attached to an aromatic ring is 1. The topological polar surface area (TPSA) is 189 Å². The summed E-state index contributed by atoms with van der Waals surface area (Å²) in [4.78, 5) is 22.6. The maximum atomic E-state index is 12.4. The second-order valence-corrected chi connectivity index (χ2v) is 5.25. The molecule has 3 aromatic rings. The highest BCUT2D eigenvalue weighted by atomic mass is 16.6. The van der Waals surface area contributed by atoms with Crippen LogP contribution >= 0.6 is 0 Å². The Morgan fingerprint density at radius 2 is 2.32 bits per heavy atom. The van der Waals surface area contributed by atoms with Crippen molar-refractivity contribution in [1.82, 2.24) is 30.7 Å². The summed E-state index contributed by atoms with van der Waals surface area (Å²) in [5.74, 6) is -0.674. The fourth-order valence-electron chi connectivity index (χ4n) is 2.19. The first kappa shape index (κ1) is 18.6. The molecule has 0 aliphatic heterocycles. The van der Waals surface area contributed by atoms with Crippen LogP contribution in [0.5, 0.6) is 0 Å². The number of nitrogens with one attached hydrogen (secondary N) is 1. The molecule has 0 fully saturated rings. The Balaban J connectivity index is 1.79. The summed E-state index contributed by atoms with van der Waals surface area (Å²) in [7, 11) is 1.42. The van der Waals surface area contributed by atoms with Crippen molar-refractivity contribution in [3.8, 4) is 5.82 Å². The number of nitrogens with two attached hydrogens (primary N) is 1. The third-order valence-corrected chi connectivity index (χ3v) is 3.42. The number of benzene rings is 1. The summed E-state index contributed by atoms with van der Waals surface area (Å²) in [6.07, 6.45) is 1.25. The van der Waals surface area contributed by atoms with Crippen molar-refractivity contribution in [2.45, 2.75) is 6.61 Å². The lowest BCUT2D eigenvalue weighted by Crippen LogP contribution is -2.20. The smallest absolute Gasteiger partial charge is 0.293 e. The number of hydrogen-bond acceptors (Lipinski definition) is 11. The Morgan fingerprint density at radius 3 is 3.00 bits per heavy atom. The van der Waals surface area contributed by atoms with Crippen LogP contribution in [-0.4, -0.2) is 49.5 Å². The van der Waals surface area contributed by atoms with E-state index in [1.165, 1.54) is 31.5 Å². The van der Waals surface area contributed by atoms with E-state index < -0.39 is 10.8 Å². The molecule has 0 radical (unpaired) electrons. The molecule has 0 unspecified atom stereocenters. The van der Waals surface area contributed by atoms with Gasteiger partial charge in [-0.2, -0.15) is 9.78 Å². The largest absolute Gasteiger partial charge is 0.378 e. The number of hydrogen-bond donors (Lipinski definition) is 2. The number of rotatable bonds is 7. The quantitative estimate of drug-likeness (QED) is 0.318. The van der Waals surface area contributed by atoms with Gasteiger partial charge in [0, 0.05) is 24.8 Å². The van der Waals surface area contributed by atoms with Gasteiger partial charge >= 0.3 is 0 Å². The molecule has 0 aliphatic rings. The van der Waals surface area contributed by atoms with Crippen LogP contribution < -0.4 is 11.2 Å². The van der Waals surface area contributed by atoms with E-state index >= 15 is 0 Å². The van der Waals surface area contributed by atoms with Crippen LogP contribution in [0.2, 0.25) is 0 Å². The van der Waals surface area contributed by atoms with Gasteiger partial charge in [-0.1, -0.05) is 17.3 Å². The first-order chi connectivity index (χ1) is 13.5. The zero-order chi connectivity index (χ0) is 20.1. The lowest BCUT2D eigenvalue weighted by molar-refractivity contribution is -0.384. The number of nitro groups is 1. The number of non-ortho nitro benzene ring substituents is 1. The first-order valence-electron chi connectivity index (χ1n) is 7.61. The van der Waals surface area contributed by atoms with Gasteiger partial charge in [-0.25, -0.2) is 10.1 Å². The lowest BCUT2D eigenvalue weighted by Gasteiger charge is -2.03. The first-order valence-corrected chi connectivity index (χ1v) is 7.61. The number of amides is 1. The van der Waals surface area contributed by atoms with Crippen molar-refractivity contribution in [2.75, 3.05) is 12.8 Å². The van der Waals surface area contributed by atoms with E-state index in [4.69, 9.17) is 10.5 Å². The highest BCUT2D eigenvalue weighted by molar-refractivity contribution is 5.94. The number of anilines is 1. The zero-order valence-electron chi connectivity index (χ0n) is 14.3. The van der Waals surface area contributed by atoms with E-state index in [2.05, 4.69) is 35.8 Å². The number of carbonyl (C=O) groups is 1. The molecule has 0 saturated heterocycles. The molecule has 14 heteroatoms. The minimum atomic E-state index is -0.685. The summed E-state index contributed by atoms with van der Waals surface area (Å²) < 4.78 is 10.7. The molecular formula is C14H13N9O5. The molecule has 1 amide bonds. The van der Waals surface area contributed by atoms with Gasteiger partial charge in [-0.3, -0.25) is 14.9 Å². The predicted octanol–water partition coefficient (Wildman–Crippen LogP) is 0.0510. The SMILES string of the molecule is COCc1c(C(=O)N/N=C/c2cccc([N+](=O)[O-])c2)nnn1-c1nonc1N. The number of carbonyl (C=O) groups excluding carboxylic acids is 1. The van der Waals surface area contributed by atoms with Crippen LogP contribution in [0.3, 0.4) is 0 Å². The standard InChI is InChI=1S/C14H13N9O5/c1-27-7-10-11(17-21-22(10)13-12(15)19-28-20-13)14(24)18-16-6-8-3-2-4-9(5-8)23(25)26/h2-6H,7H2,1H3,(H2,15,19)(H,18,24)/b16-6+. The van der Waals surface area contributed by atoms with Crippen LogP contribution in [0.25, 0.3) is 5.82 Å². The molecule has 0 atom stereocenters. The van der Waals surface area contributed by atoms with Crippen molar-refractivity contribution in [3.63, 3.8) is 0 Å². The highest BCUT2D eigenvalue weighted by Gasteiger charge is 2.23. The number of nitro benzene ring substituents is 1. The van der Waals surface area contributed by atoms with Crippen molar-refractivity contribution in [1.29, 1.82) is 0 Å². The van der Waals surface area contributed by atoms with E-state index in [0.29, 0.717) is 5.56 Å². The maximum Gasteiger partial charge on any atom is 0.293 e. The molecule has 0 aliphatic carbocycles. The summed E-state index contributed by atoms with van der Waals surface area (Å²) >= 11 is 0. The Hall–Kier alpha value is -4.20. The van der Waals surface area contributed by atoms with Crippen LogP contribution in [0.1, 0.15) is 21.7 Å². The normalized spacial score (nSPS) is 11.0. The van der Waals surface area contributed by atoms with E-state index in [9.17, 15) is 14.9 Å². The average molecular weight is 387 g/mol. The van der Waals surface area contributed by atoms with Gasteiger partial charge in [-0.15, -0.1) is 5.10 Å². The van der Waals surface area contributed by atoms with Crippen LogP contribution in [0.15, 0.2) is 34.0 Å². The van der Waals surface area contributed by atoms with Gasteiger partial charge in [0.25, 0.3) is 11.6 Å². The van der Waals surface area contributed by atoms with Crippen LogP contribution in [0.4, 0.5) is 11.5 Å². The second-order valence-electron chi connectivity index (χ2n) is 5.25. The summed E-state index contributed by atoms with van der Waals surface area (Å²) in [5.41, 5.74) is 8.39. The number of aromatic nitrogens is 5. The summed E-state index contributed by atoms with van der Waals surface area (Å²) in [6.45, 7) is -0.0311. The van der Waals surface area contributed by atoms with Crippen LogP contribution in [0, 0.1) is 10.1 Å². The number of methoxy groups -OCH3 is 1. The van der Waals surface area contributed by atoms with Crippen LogP contribution in [-0.2, 0) is 11.3 Å². The zero-order valence-corrected chi connectivity index (χ0v) is 14.3. The van der Waals surface area contributed by atoms with E-state index in [1.54, 1.807) is 6.07 Å². The minimum Gasteiger partial charge on any atom is -0.378 e. The molecule has 144 valence electrons. The fourth-order valence-corrected chi connectivity index (χ4v) is 2.19. The molecule has 3 N–H and O–H groups in total. The molecule has 3 rings (SSSR count). The van der Waals surface area contributed by atoms with E-state index in [-0.39, 0.29) is 35.3 Å². The minimum absolute atomic E-state index is 0.0311. The van der Waals surface area contributed by atoms with Gasteiger partial charge in [-0.05, 0) is 10.3 Å². The van der Waals surface area contributed by atoms with Gasteiger partial charge in [0.2, 0.25) is 11.6 Å². The number of ether oxygens (including phenoxy) is 1. The van der Waals surface area contributed by atoms with E-state index in [1.807, 2.05) is 0 Å². The highest BCUT2D eigenvalue weighted by Crippen LogP contribution is 2.16. The van der Waals surface area contributed by atoms with Gasteiger partial charge in [0.05, 0.1) is 17.7 Å². The monoisotopic (exact) mass is 387 g/mol. The Morgan fingerprint density at radius 1 is 1.50 bits per heavy atom. The molecule has 2 heterocycles. The average Bonchev–Trinajstić information content (AvgIpc) is 3.28. The van der Waals surface area contributed by atoms with Gasteiger partial charge < -0.3 is 10.5 Å². The van der Waals surface area contributed by atoms with Crippen molar-refractivity contribution < 1.29 is 19.1 Å². The Labute approximate surface area is 156 Å². The summed E-state index contributed by atoms with van der Waals surface area (Å²) in [5, 5.41) is 29.2. The molecule has 14 nitrogen and oxygen atoms in total. The molecular weight excluding hydrogens is 374 g/mol. The fraction of sp³-hybridized carbons (Fsp3) is 0.143. The molecule has 2 aromatic heterocycles. The molecule has 0 bridgehead atoms. The maximum absolute atomic E-state index is 12.4. The second kappa shape index (κ2) is 8.00. The lowest BCUT2D eigenvalue weighted by atomic mass is 10.2. The number of hydrazone groups is 1. The van der Waals surface area contributed by atoms with E-state index in [0.717, 1.165) is 4.68 Å². The molecule has 28 heavy (non-hydrogen) atoms. The molecule has 0 spiro atoms. The Kier molecular flexibility index (Phi) is 5.31. The third kappa shape index (κ3) is 3.80. The Bertz CT molecular complexity index is 1040. The number of nitrogens with zero attached hydrogens (tertiary/aromatic N) is 7. The van der Waals surface area contributed by atoms with Gasteiger partial charge in [0.1, 0.15) is 5.69 Å². The summed E-state index contributed by atoms with van der Waals surface area (Å²) in [6, 6.07) is 5.74. The van der Waals surface area contributed by atoms with Crippen molar-refractivity contribution in [2.24, 2.45) is 5.10 Å². The molecule has 0 saturated carbocycles. The third-order valence-electron chi connectivity index (χ3n) is 3.42. The van der Waals surface area contributed by atoms with Crippen molar-refractivity contribution in [3.05, 3.63) is 51.3 Å². The van der Waals surface area contributed by atoms with Crippen molar-refractivity contribution >= 4 is 23.6 Å². The van der Waals surface area contributed by atoms with Gasteiger partial charge in [0.15, 0.2) is 5.69 Å². The molecule has 1 aromatic carbocycles. The predicted molar refractivity (Wildman–Crippen MR) is 92.5 cm³/mol.